The molecular formula is C13H20N2O3. The molecule has 2 atom stereocenters. The van der Waals surface area contributed by atoms with Gasteiger partial charge in [-0.3, -0.25) is 14.5 Å². The fraction of sp³-hybridized carbons (Fsp3) is 0.846. The van der Waals surface area contributed by atoms with E-state index in [-0.39, 0.29) is 30.0 Å². The minimum atomic E-state index is -0.316. The first-order chi connectivity index (χ1) is 8.75. The van der Waals surface area contributed by atoms with Crippen LogP contribution in [0, 0.1) is 0 Å². The quantitative estimate of drug-likeness (QED) is 0.737. The Hall–Kier alpha value is -0.940. The summed E-state index contributed by atoms with van der Waals surface area (Å²) in [5.41, 5.74) is 0. The Labute approximate surface area is 107 Å². The Morgan fingerprint density at radius 3 is 2.72 bits per heavy atom. The van der Waals surface area contributed by atoms with Crippen LogP contribution in [0.25, 0.3) is 0 Å². The van der Waals surface area contributed by atoms with Gasteiger partial charge >= 0.3 is 0 Å². The van der Waals surface area contributed by atoms with E-state index in [9.17, 15) is 9.59 Å². The van der Waals surface area contributed by atoms with Crippen molar-refractivity contribution >= 4 is 11.8 Å². The summed E-state index contributed by atoms with van der Waals surface area (Å²) in [6.07, 6.45) is 5.86. The highest BCUT2D eigenvalue weighted by molar-refractivity contribution is 6.06. The van der Waals surface area contributed by atoms with E-state index in [0.29, 0.717) is 13.0 Å². The Kier molecular flexibility index (Phi) is 3.35. The minimum Gasteiger partial charge on any atom is -0.377 e. The molecule has 3 fully saturated rings. The summed E-state index contributed by atoms with van der Waals surface area (Å²) in [6, 6.07) is -0.119. The van der Waals surface area contributed by atoms with E-state index in [1.54, 1.807) is 0 Å². The van der Waals surface area contributed by atoms with Gasteiger partial charge in [-0.1, -0.05) is 0 Å². The number of likely N-dealkylation sites (tertiary alicyclic amines) is 1. The van der Waals surface area contributed by atoms with Crippen LogP contribution in [0.1, 0.15) is 38.5 Å². The predicted octanol–water partition coefficient (Wildman–Crippen LogP) is 0.435. The molecule has 2 unspecified atom stereocenters. The molecule has 1 saturated carbocycles. The van der Waals surface area contributed by atoms with E-state index < -0.39 is 0 Å². The largest absolute Gasteiger partial charge is 0.377 e. The van der Waals surface area contributed by atoms with Crippen LogP contribution in [-0.2, 0) is 14.3 Å². The van der Waals surface area contributed by atoms with Gasteiger partial charge in [-0.25, -0.2) is 0 Å². The molecular weight excluding hydrogens is 232 g/mol. The second-order valence-electron chi connectivity index (χ2n) is 5.49. The van der Waals surface area contributed by atoms with Crippen molar-refractivity contribution in [2.75, 3.05) is 13.2 Å². The molecule has 0 aromatic rings. The number of hydrogen-bond acceptors (Lipinski definition) is 4. The van der Waals surface area contributed by atoms with E-state index in [2.05, 4.69) is 5.32 Å². The van der Waals surface area contributed by atoms with Crippen LogP contribution in [0.15, 0.2) is 0 Å². The first-order valence-corrected chi connectivity index (χ1v) is 6.96. The van der Waals surface area contributed by atoms with E-state index in [0.717, 1.165) is 32.3 Å². The molecule has 18 heavy (non-hydrogen) atoms. The number of imide groups is 1. The number of rotatable bonds is 4. The number of ether oxygens (including phenoxy) is 1. The third kappa shape index (κ3) is 2.42. The van der Waals surface area contributed by atoms with Gasteiger partial charge in [0, 0.05) is 19.2 Å². The molecule has 2 amide bonds. The van der Waals surface area contributed by atoms with Gasteiger partial charge in [-0.2, -0.15) is 0 Å². The van der Waals surface area contributed by atoms with Crippen LogP contribution in [-0.4, -0.2) is 48.1 Å². The maximum atomic E-state index is 12.1. The maximum Gasteiger partial charge on any atom is 0.247 e. The summed E-state index contributed by atoms with van der Waals surface area (Å²) in [5.74, 6) is -0.0390. The van der Waals surface area contributed by atoms with Gasteiger partial charge in [0.25, 0.3) is 0 Å². The molecule has 100 valence electrons. The van der Waals surface area contributed by atoms with Gasteiger partial charge in [0.2, 0.25) is 11.8 Å². The van der Waals surface area contributed by atoms with Crippen LogP contribution in [0.3, 0.4) is 0 Å². The third-order valence-electron chi connectivity index (χ3n) is 3.96. The molecule has 5 nitrogen and oxygen atoms in total. The van der Waals surface area contributed by atoms with Crippen molar-refractivity contribution in [3.05, 3.63) is 0 Å². The SMILES string of the molecule is O=C1CC(NCC2CCCCO2)C(=O)N1C1CC1. The molecule has 3 aliphatic rings. The maximum absolute atomic E-state index is 12.1. The van der Waals surface area contributed by atoms with Gasteiger partial charge in [0.1, 0.15) is 0 Å². The fourth-order valence-corrected chi connectivity index (χ4v) is 2.77. The lowest BCUT2D eigenvalue weighted by atomic mass is 10.1. The summed E-state index contributed by atoms with van der Waals surface area (Å²) in [5, 5.41) is 3.21. The zero-order valence-corrected chi connectivity index (χ0v) is 10.6. The average molecular weight is 252 g/mol. The molecule has 1 N–H and O–H groups in total. The Morgan fingerprint density at radius 1 is 1.22 bits per heavy atom. The molecule has 3 rings (SSSR count). The first kappa shape index (κ1) is 12.1. The van der Waals surface area contributed by atoms with E-state index in [1.165, 1.54) is 11.3 Å². The molecule has 5 heteroatoms. The monoisotopic (exact) mass is 252 g/mol. The molecule has 2 heterocycles. The second kappa shape index (κ2) is 4.97. The topological polar surface area (TPSA) is 58.6 Å². The van der Waals surface area contributed by atoms with Gasteiger partial charge in [-0.05, 0) is 32.1 Å². The molecule has 0 bridgehead atoms. The fourth-order valence-electron chi connectivity index (χ4n) is 2.77. The third-order valence-corrected chi connectivity index (χ3v) is 3.96. The number of nitrogens with one attached hydrogen (secondary N) is 1. The predicted molar refractivity (Wildman–Crippen MR) is 64.9 cm³/mol. The number of carbonyl (C=O) groups excluding carboxylic acids is 2. The van der Waals surface area contributed by atoms with Crippen LogP contribution in [0.4, 0.5) is 0 Å². The summed E-state index contributed by atoms with van der Waals surface area (Å²) in [6.45, 7) is 1.50. The highest BCUT2D eigenvalue weighted by Crippen LogP contribution is 2.31. The summed E-state index contributed by atoms with van der Waals surface area (Å²) in [4.78, 5) is 25.3. The minimum absolute atomic E-state index is 0.00966. The highest BCUT2D eigenvalue weighted by Gasteiger charge is 2.45. The second-order valence-corrected chi connectivity index (χ2v) is 5.49. The molecule has 1 aliphatic carbocycles. The smallest absolute Gasteiger partial charge is 0.247 e. The number of nitrogens with zero attached hydrogens (tertiary/aromatic N) is 1. The van der Waals surface area contributed by atoms with Crippen molar-refractivity contribution in [3.8, 4) is 0 Å². The molecule has 2 aliphatic heterocycles. The van der Waals surface area contributed by atoms with Gasteiger partial charge < -0.3 is 10.1 Å². The van der Waals surface area contributed by atoms with Crippen molar-refractivity contribution in [1.29, 1.82) is 0 Å². The van der Waals surface area contributed by atoms with Crippen LogP contribution in [0.5, 0.6) is 0 Å². The Bertz CT molecular complexity index is 348. The summed E-state index contributed by atoms with van der Waals surface area (Å²) in [7, 11) is 0. The molecule has 2 saturated heterocycles. The lowest BCUT2D eigenvalue weighted by molar-refractivity contribution is -0.139. The van der Waals surface area contributed by atoms with Gasteiger partial charge in [0.15, 0.2) is 0 Å². The zero-order chi connectivity index (χ0) is 12.5. The number of hydrogen-bond donors (Lipinski definition) is 1. The Balaban J connectivity index is 1.50. The molecule has 0 spiro atoms. The summed E-state index contributed by atoms with van der Waals surface area (Å²) < 4.78 is 5.61. The molecule has 0 aromatic heterocycles. The van der Waals surface area contributed by atoms with Crippen molar-refractivity contribution in [2.24, 2.45) is 0 Å². The van der Waals surface area contributed by atoms with Crippen molar-refractivity contribution in [3.63, 3.8) is 0 Å². The molecule has 0 radical (unpaired) electrons. The van der Waals surface area contributed by atoms with Crippen LogP contribution in [0.2, 0.25) is 0 Å². The number of carbonyl (C=O) groups is 2. The Morgan fingerprint density at radius 2 is 2.06 bits per heavy atom. The zero-order valence-electron chi connectivity index (χ0n) is 10.6. The van der Waals surface area contributed by atoms with Crippen molar-refractivity contribution in [1.82, 2.24) is 10.2 Å². The van der Waals surface area contributed by atoms with E-state index in [4.69, 9.17) is 4.74 Å². The first-order valence-electron chi connectivity index (χ1n) is 6.96. The van der Waals surface area contributed by atoms with Crippen molar-refractivity contribution in [2.45, 2.75) is 56.7 Å². The van der Waals surface area contributed by atoms with Gasteiger partial charge in [0.05, 0.1) is 18.6 Å². The highest BCUT2D eigenvalue weighted by atomic mass is 16.5. The summed E-state index contributed by atoms with van der Waals surface area (Å²) >= 11 is 0. The average Bonchev–Trinajstić information content (AvgIpc) is 3.16. The normalized spacial score (nSPS) is 33.2. The van der Waals surface area contributed by atoms with Crippen molar-refractivity contribution < 1.29 is 14.3 Å². The van der Waals surface area contributed by atoms with E-state index >= 15 is 0 Å². The molecule has 0 aromatic carbocycles. The number of amides is 2. The van der Waals surface area contributed by atoms with Gasteiger partial charge in [-0.15, -0.1) is 0 Å². The van der Waals surface area contributed by atoms with Crippen LogP contribution >= 0.6 is 0 Å². The lowest BCUT2D eigenvalue weighted by Crippen LogP contribution is -2.43. The van der Waals surface area contributed by atoms with Crippen LogP contribution < -0.4 is 5.32 Å². The van der Waals surface area contributed by atoms with E-state index in [1.807, 2.05) is 0 Å². The lowest BCUT2D eigenvalue weighted by Gasteiger charge is -2.24. The standard InChI is InChI=1S/C13H20N2O3/c16-12-7-11(13(17)15(12)9-4-5-9)14-8-10-3-1-2-6-18-10/h9-11,14H,1-8H2.